The maximum atomic E-state index is 12.8. The van der Waals surface area contributed by atoms with Crippen molar-refractivity contribution >= 4 is 21.8 Å². The van der Waals surface area contributed by atoms with Crippen molar-refractivity contribution < 1.29 is 19.0 Å². The zero-order valence-corrected chi connectivity index (χ0v) is 16.3. The maximum Gasteiger partial charge on any atom is 0.254 e. The second kappa shape index (κ2) is 9.05. The van der Waals surface area contributed by atoms with Gasteiger partial charge in [0.2, 0.25) is 0 Å². The van der Waals surface area contributed by atoms with Crippen LogP contribution in [0.3, 0.4) is 0 Å². The molecule has 0 atom stereocenters. The van der Waals surface area contributed by atoms with Gasteiger partial charge in [0.1, 0.15) is 6.61 Å². The highest BCUT2D eigenvalue weighted by Gasteiger charge is 2.22. The number of benzene rings is 2. The number of hydrogen-bond acceptors (Lipinski definition) is 4. The SMILES string of the molecule is CCOc1cc(C(=O)N2CCOCC2)cc(Br)c1OCc1ccccc1. The lowest BCUT2D eigenvalue weighted by molar-refractivity contribution is 0.0302. The Kier molecular flexibility index (Phi) is 6.52. The van der Waals surface area contributed by atoms with Crippen molar-refractivity contribution in [2.24, 2.45) is 0 Å². The number of rotatable bonds is 6. The van der Waals surface area contributed by atoms with E-state index in [9.17, 15) is 4.79 Å². The molecule has 2 aromatic carbocycles. The fraction of sp³-hybridized carbons (Fsp3) is 0.350. The van der Waals surface area contributed by atoms with Crippen LogP contribution in [0.2, 0.25) is 0 Å². The fourth-order valence-corrected chi connectivity index (χ4v) is 3.33. The molecule has 1 amide bonds. The van der Waals surface area contributed by atoms with Gasteiger partial charge in [-0.1, -0.05) is 30.3 Å². The van der Waals surface area contributed by atoms with E-state index in [2.05, 4.69) is 15.9 Å². The first-order valence-corrected chi connectivity index (χ1v) is 9.48. The molecule has 1 saturated heterocycles. The van der Waals surface area contributed by atoms with Crippen LogP contribution in [-0.2, 0) is 11.3 Å². The van der Waals surface area contributed by atoms with Gasteiger partial charge in [-0.05, 0) is 40.5 Å². The van der Waals surface area contributed by atoms with Crippen LogP contribution in [0.4, 0.5) is 0 Å². The zero-order valence-electron chi connectivity index (χ0n) is 14.7. The largest absolute Gasteiger partial charge is 0.490 e. The highest BCUT2D eigenvalue weighted by Crippen LogP contribution is 2.37. The molecule has 0 saturated carbocycles. The predicted octanol–water partition coefficient (Wildman–Crippen LogP) is 3.90. The third kappa shape index (κ3) is 4.56. The predicted molar refractivity (Wildman–Crippen MR) is 103 cm³/mol. The summed E-state index contributed by atoms with van der Waals surface area (Å²) in [6, 6.07) is 13.5. The average Bonchev–Trinajstić information content (AvgIpc) is 2.68. The van der Waals surface area contributed by atoms with Gasteiger partial charge >= 0.3 is 0 Å². The van der Waals surface area contributed by atoms with Crippen molar-refractivity contribution in [3.8, 4) is 11.5 Å². The first-order valence-electron chi connectivity index (χ1n) is 8.69. The molecule has 26 heavy (non-hydrogen) atoms. The maximum absolute atomic E-state index is 12.8. The van der Waals surface area contributed by atoms with Crippen molar-refractivity contribution in [3.05, 3.63) is 58.1 Å². The minimum atomic E-state index is -0.0236. The summed E-state index contributed by atoms with van der Waals surface area (Å²) in [7, 11) is 0. The molecule has 1 fully saturated rings. The monoisotopic (exact) mass is 419 g/mol. The van der Waals surface area contributed by atoms with Gasteiger partial charge in [-0.3, -0.25) is 4.79 Å². The number of carbonyl (C=O) groups is 1. The molecule has 138 valence electrons. The van der Waals surface area contributed by atoms with E-state index in [0.29, 0.717) is 61.1 Å². The Balaban J connectivity index is 1.81. The topological polar surface area (TPSA) is 48.0 Å². The van der Waals surface area contributed by atoms with Crippen LogP contribution >= 0.6 is 15.9 Å². The van der Waals surface area contributed by atoms with Gasteiger partial charge in [0.25, 0.3) is 5.91 Å². The second-order valence-electron chi connectivity index (χ2n) is 5.90. The third-order valence-electron chi connectivity index (χ3n) is 4.08. The van der Waals surface area contributed by atoms with E-state index in [1.165, 1.54) is 0 Å². The Morgan fingerprint density at radius 2 is 1.88 bits per heavy atom. The van der Waals surface area contributed by atoms with Gasteiger partial charge in [0.15, 0.2) is 11.5 Å². The van der Waals surface area contributed by atoms with Gasteiger partial charge in [0.05, 0.1) is 24.3 Å². The summed E-state index contributed by atoms with van der Waals surface area (Å²) in [5.41, 5.74) is 1.64. The Morgan fingerprint density at radius 3 is 2.58 bits per heavy atom. The highest BCUT2D eigenvalue weighted by atomic mass is 79.9. The van der Waals surface area contributed by atoms with Crippen LogP contribution in [0.25, 0.3) is 0 Å². The lowest BCUT2D eigenvalue weighted by atomic mass is 10.1. The lowest BCUT2D eigenvalue weighted by Crippen LogP contribution is -2.40. The van der Waals surface area contributed by atoms with Gasteiger partial charge in [0, 0.05) is 18.7 Å². The van der Waals surface area contributed by atoms with Crippen molar-refractivity contribution in [2.75, 3.05) is 32.9 Å². The Morgan fingerprint density at radius 1 is 1.15 bits per heavy atom. The molecule has 3 rings (SSSR count). The molecule has 0 aromatic heterocycles. The molecule has 1 aliphatic heterocycles. The van der Waals surface area contributed by atoms with Crippen LogP contribution < -0.4 is 9.47 Å². The number of carbonyl (C=O) groups excluding carboxylic acids is 1. The van der Waals surface area contributed by atoms with E-state index in [1.54, 1.807) is 17.0 Å². The van der Waals surface area contributed by atoms with E-state index < -0.39 is 0 Å². The first-order chi connectivity index (χ1) is 12.7. The molecule has 6 heteroatoms. The van der Waals surface area contributed by atoms with Crippen molar-refractivity contribution in [3.63, 3.8) is 0 Å². The number of nitrogens with zero attached hydrogens (tertiary/aromatic N) is 1. The number of morpholine rings is 1. The van der Waals surface area contributed by atoms with Gasteiger partial charge in [-0.2, -0.15) is 0 Å². The normalized spacial score (nSPS) is 14.2. The van der Waals surface area contributed by atoms with Crippen molar-refractivity contribution in [2.45, 2.75) is 13.5 Å². The summed E-state index contributed by atoms with van der Waals surface area (Å²) in [6.45, 7) is 5.18. The van der Waals surface area contributed by atoms with Crippen LogP contribution in [0.5, 0.6) is 11.5 Å². The number of amides is 1. The minimum absolute atomic E-state index is 0.0236. The number of hydrogen-bond donors (Lipinski definition) is 0. The number of halogens is 1. The van der Waals surface area contributed by atoms with Gasteiger partial charge in [-0.25, -0.2) is 0 Å². The molecule has 5 nitrogen and oxygen atoms in total. The zero-order chi connectivity index (χ0) is 18.4. The van der Waals surface area contributed by atoms with E-state index >= 15 is 0 Å². The van der Waals surface area contributed by atoms with Crippen LogP contribution in [-0.4, -0.2) is 43.7 Å². The van der Waals surface area contributed by atoms with Gasteiger partial charge < -0.3 is 19.1 Å². The molecule has 2 aromatic rings. The molecule has 0 aliphatic carbocycles. The van der Waals surface area contributed by atoms with E-state index in [-0.39, 0.29) is 5.91 Å². The first kappa shape index (κ1) is 18.7. The fourth-order valence-electron chi connectivity index (χ4n) is 2.77. The Labute approximate surface area is 162 Å². The van der Waals surface area contributed by atoms with E-state index in [0.717, 1.165) is 5.56 Å². The van der Waals surface area contributed by atoms with Crippen LogP contribution in [0, 0.1) is 0 Å². The minimum Gasteiger partial charge on any atom is -0.490 e. The molecule has 0 radical (unpaired) electrons. The van der Waals surface area contributed by atoms with Gasteiger partial charge in [-0.15, -0.1) is 0 Å². The molecular weight excluding hydrogens is 398 g/mol. The smallest absolute Gasteiger partial charge is 0.254 e. The summed E-state index contributed by atoms with van der Waals surface area (Å²) in [5.74, 6) is 1.15. The Bertz CT molecular complexity index is 745. The lowest BCUT2D eigenvalue weighted by Gasteiger charge is -2.27. The van der Waals surface area contributed by atoms with E-state index in [4.69, 9.17) is 14.2 Å². The highest BCUT2D eigenvalue weighted by molar-refractivity contribution is 9.10. The van der Waals surface area contributed by atoms with Crippen molar-refractivity contribution in [1.29, 1.82) is 0 Å². The van der Waals surface area contributed by atoms with Crippen molar-refractivity contribution in [1.82, 2.24) is 4.90 Å². The molecule has 1 aliphatic rings. The summed E-state index contributed by atoms with van der Waals surface area (Å²) < 4.78 is 17.7. The summed E-state index contributed by atoms with van der Waals surface area (Å²) in [4.78, 5) is 14.5. The van der Waals surface area contributed by atoms with Crippen LogP contribution in [0.15, 0.2) is 46.9 Å². The molecule has 1 heterocycles. The standard InChI is InChI=1S/C20H22BrNO4/c1-2-25-18-13-16(20(23)22-8-10-24-11-9-22)12-17(21)19(18)26-14-15-6-4-3-5-7-15/h3-7,12-13H,2,8-11,14H2,1H3. The summed E-state index contributed by atoms with van der Waals surface area (Å²) in [5, 5.41) is 0. The summed E-state index contributed by atoms with van der Waals surface area (Å²) in [6.07, 6.45) is 0. The Hall–Kier alpha value is -2.05. The van der Waals surface area contributed by atoms with Crippen LogP contribution in [0.1, 0.15) is 22.8 Å². The second-order valence-corrected chi connectivity index (χ2v) is 6.75. The average molecular weight is 420 g/mol. The molecule has 0 bridgehead atoms. The molecule has 0 N–H and O–H groups in total. The third-order valence-corrected chi connectivity index (χ3v) is 4.67. The quantitative estimate of drug-likeness (QED) is 0.712. The number of ether oxygens (including phenoxy) is 3. The summed E-state index contributed by atoms with van der Waals surface area (Å²) >= 11 is 3.53. The molecular formula is C20H22BrNO4. The molecule has 0 spiro atoms. The van der Waals surface area contributed by atoms with E-state index in [1.807, 2.05) is 37.3 Å². The molecule has 0 unspecified atom stereocenters.